The smallest absolute Gasteiger partial charge is 0.223 e. The topological polar surface area (TPSA) is 62.5 Å². The third-order valence-electron chi connectivity index (χ3n) is 3.68. The summed E-state index contributed by atoms with van der Waals surface area (Å²) in [6.07, 6.45) is 2.84. The van der Waals surface area contributed by atoms with E-state index in [1.807, 2.05) is 25.1 Å². The maximum atomic E-state index is 5.65. The van der Waals surface area contributed by atoms with Gasteiger partial charge in [0.25, 0.3) is 0 Å². The Morgan fingerprint density at radius 2 is 2.09 bits per heavy atom. The Hall–Kier alpha value is -1.49. The minimum Gasteiger partial charge on any atom is -0.576 e. The maximum Gasteiger partial charge on any atom is 0.223 e. The highest BCUT2D eigenvalue weighted by Gasteiger charge is 2.34. The van der Waals surface area contributed by atoms with Crippen LogP contribution in [0.3, 0.4) is 0 Å². The van der Waals surface area contributed by atoms with E-state index < -0.39 is 8.53 Å². The molecule has 1 aromatic carbocycles. The van der Waals surface area contributed by atoms with E-state index in [0.717, 1.165) is 12.0 Å². The van der Waals surface area contributed by atoms with Gasteiger partial charge in [-0.15, -0.1) is 0 Å². The number of hydrogen-bond donors (Lipinski definition) is 0. The number of aromatic nitrogens is 2. The molecule has 0 aliphatic carbocycles. The number of benzene rings is 1. The fourth-order valence-electron chi connectivity index (χ4n) is 2.19. The second-order valence-corrected chi connectivity index (χ2v) is 6.93. The Morgan fingerprint density at radius 1 is 1.32 bits per heavy atom. The monoisotopic (exact) mass is 321 g/mol. The first kappa shape index (κ1) is 15.4. The largest absolute Gasteiger partial charge is 0.576 e. The Kier molecular flexibility index (Phi) is 4.43. The fraction of sp³-hybridized carbons (Fsp3) is 0.467. The number of rotatable bonds is 4. The second kappa shape index (κ2) is 6.32. The molecule has 0 bridgehead atoms. The first-order valence-electron chi connectivity index (χ1n) is 7.32. The van der Waals surface area contributed by atoms with Crippen LogP contribution in [0.2, 0.25) is 0 Å². The van der Waals surface area contributed by atoms with Crippen molar-refractivity contribution in [2.24, 2.45) is 0 Å². The summed E-state index contributed by atoms with van der Waals surface area (Å²) in [6.45, 7) is 6.85. The van der Waals surface area contributed by atoms with Crippen molar-refractivity contribution in [1.82, 2.24) is 5.27 Å². The van der Waals surface area contributed by atoms with Gasteiger partial charge >= 0.3 is 0 Å². The molecule has 1 aliphatic rings. The summed E-state index contributed by atoms with van der Waals surface area (Å²) >= 11 is 0. The van der Waals surface area contributed by atoms with E-state index in [9.17, 15) is 0 Å². The van der Waals surface area contributed by atoms with Crippen LogP contribution < -0.4 is 4.68 Å². The van der Waals surface area contributed by atoms with Crippen molar-refractivity contribution in [3.8, 4) is 0 Å². The van der Waals surface area contributed by atoms with Gasteiger partial charge in [0, 0.05) is 19.4 Å². The summed E-state index contributed by atoms with van der Waals surface area (Å²) in [5.74, 6) is 0.421. The minimum absolute atomic E-state index is 0.166. The van der Waals surface area contributed by atoms with Crippen LogP contribution in [0.5, 0.6) is 0 Å². The predicted octanol–water partition coefficient (Wildman–Crippen LogP) is 3.80. The Balaban J connectivity index is 1.73. The average Bonchev–Trinajstić information content (AvgIpc) is 2.97. The van der Waals surface area contributed by atoms with Crippen LogP contribution in [0, 0.1) is 0 Å². The molecular weight excluding hydrogens is 301 g/mol. The summed E-state index contributed by atoms with van der Waals surface area (Å²) in [5.41, 5.74) is 0.817. The second-order valence-electron chi connectivity index (χ2n) is 5.79. The molecule has 1 aromatic heterocycles. The first-order valence-corrected chi connectivity index (χ1v) is 8.45. The lowest BCUT2D eigenvalue weighted by Gasteiger charge is -2.35. The van der Waals surface area contributed by atoms with Crippen molar-refractivity contribution in [3.63, 3.8) is 0 Å². The summed E-state index contributed by atoms with van der Waals surface area (Å²) in [6, 6.07) is 10.2. The molecule has 0 amide bonds. The summed E-state index contributed by atoms with van der Waals surface area (Å²) < 4.78 is 18.2. The molecule has 2 atom stereocenters. The lowest BCUT2D eigenvalue weighted by atomic mass is 9.95. The highest BCUT2D eigenvalue weighted by atomic mass is 31.2. The molecule has 0 spiro atoms. The summed E-state index contributed by atoms with van der Waals surface area (Å²) in [4.78, 5) is 0. The molecule has 1 aliphatic heterocycles. The molecule has 0 saturated carbocycles. The molecule has 6 nitrogen and oxygen atoms in total. The van der Waals surface area contributed by atoms with Crippen LogP contribution in [0.25, 0.3) is 5.09 Å². The maximum absolute atomic E-state index is 5.65. The molecule has 22 heavy (non-hydrogen) atoms. The van der Waals surface area contributed by atoms with E-state index in [1.54, 1.807) is 10.9 Å². The molecule has 118 valence electrons. The minimum atomic E-state index is -1.29. The SMILES string of the molecule is CC1CCOP([N-]c2c[n+](C(C)(C)c3ccccc3)no2)O1. The van der Waals surface area contributed by atoms with Gasteiger partial charge in [0.05, 0.1) is 21.2 Å². The lowest BCUT2D eigenvalue weighted by molar-refractivity contribution is -0.807. The predicted molar refractivity (Wildman–Crippen MR) is 82.6 cm³/mol. The van der Waals surface area contributed by atoms with Gasteiger partial charge in [0.1, 0.15) is 5.88 Å². The van der Waals surface area contributed by atoms with Crippen molar-refractivity contribution in [2.75, 3.05) is 6.61 Å². The molecule has 1 fully saturated rings. The zero-order chi connectivity index (χ0) is 15.6. The highest BCUT2D eigenvalue weighted by Crippen LogP contribution is 2.53. The fourth-order valence-corrected chi connectivity index (χ4v) is 3.28. The zero-order valence-corrected chi connectivity index (χ0v) is 13.9. The van der Waals surface area contributed by atoms with Gasteiger partial charge in [-0.3, -0.25) is 0 Å². The summed E-state index contributed by atoms with van der Waals surface area (Å²) in [7, 11) is -1.29. The first-order chi connectivity index (χ1) is 10.6. The third-order valence-corrected chi connectivity index (χ3v) is 4.99. The van der Waals surface area contributed by atoms with E-state index >= 15 is 0 Å². The van der Waals surface area contributed by atoms with Gasteiger partial charge in [-0.25, -0.2) is 0 Å². The standard InChI is InChI=1S/C15H20N3O3P/c1-12-9-10-19-22(21-12)16-14-11-18(17-20-14)15(2,3)13-7-5-4-6-8-13/h4-8,11-12H,9-10H2,1-3H3. The van der Waals surface area contributed by atoms with Crippen LogP contribution in [-0.4, -0.2) is 18.0 Å². The Labute approximate surface area is 131 Å². The molecule has 0 radical (unpaired) electrons. The Morgan fingerprint density at radius 3 is 2.82 bits per heavy atom. The van der Waals surface area contributed by atoms with Crippen molar-refractivity contribution >= 4 is 14.4 Å². The zero-order valence-electron chi connectivity index (χ0n) is 13.0. The van der Waals surface area contributed by atoms with Gasteiger partial charge in [0.2, 0.25) is 11.7 Å². The molecule has 0 N–H and O–H groups in total. The molecule has 2 unspecified atom stereocenters. The molecule has 7 heteroatoms. The van der Waals surface area contributed by atoms with Crippen molar-refractivity contribution < 1.29 is 18.3 Å². The number of nitrogens with zero attached hydrogens (tertiary/aromatic N) is 3. The Bertz CT molecular complexity index is 618. The molecular formula is C15H20N3O3P. The van der Waals surface area contributed by atoms with Crippen LogP contribution in [0.4, 0.5) is 5.88 Å². The van der Waals surface area contributed by atoms with E-state index in [4.69, 9.17) is 13.6 Å². The van der Waals surface area contributed by atoms with Gasteiger partial charge in [0.15, 0.2) is 5.27 Å². The van der Waals surface area contributed by atoms with Crippen LogP contribution in [-0.2, 0) is 14.6 Å². The van der Waals surface area contributed by atoms with Gasteiger partial charge < -0.3 is 18.7 Å². The van der Waals surface area contributed by atoms with E-state index in [-0.39, 0.29) is 11.6 Å². The normalized spacial score (nSPS) is 22.5. The van der Waals surface area contributed by atoms with Crippen molar-refractivity contribution in [2.45, 2.75) is 38.8 Å². The quantitative estimate of drug-likeness (QED) is 0.634. The van der Waals surface area contributed by atoms with E-state index in [1.165, 1.54) is 0 Å². The average molecular weight is 321 g/mol. The third kappa shape index (κ3) is 3.29. The highest BCUT2D eigenvalue weighted by molar-refractivity contribution is 7.51. The van der Waals surface area contributed by atoms with E-state index in [2.05, 4.69) is 36.3 Å². The van der Waals surface area contributed by atoms with Crippen molar-refractivity contribution in [1.29, 1.82) is 0 Å². The molecule has 2 heterocycles. The van der Waals surface area contributed by atoms with Gasteiger partial charge in [-0.1, -0.05) is 30.3 Å². The molecule has 1 saturated heterocycles. The van der Waals surface area contributed by atoms with Crippen LogP contribution in [0.1, 0.15) is 32.8 Å². The lowest BCUT2D eigenvalue weighted by Crippen LogP contribution is -2.53. The van der Waals surface area contributed by atoms with Crippen molar-refractivity contribution in [3.05, 3.63) is 47.2 Å². The van der Waals surface area contributed by atoms with Crippen LogP contribution in [0.15, 0.2) is 41.1 Å². The van der Waals surface area contributed by atoms with Crippen LogP contribution >= 0.6 is 8.53 Å². The molecule has 3 rings (SSSR count). The summed E-state index contributed by atoms with van der Waals surface area (Å²) in [5, 5.41) is 8.46. The van der Waals surface area contributed by atoms with Gasteiger partial charge in [-0.05, 0) is 18.0 Å². The molecule has 2 aromatic rings. The number of hydrogen-bond acceptors (Lipinski definition) is 4. The van der Waals surface area contributed by atoms with Gasteiger partial charge in [-0.2, -0.15) is 0 Å². The van der Waals surface area contributed by atoms with E-state index in [0.29, 0.717) is 12.5 Å².